The van der Waals surface area contributed by atoms with Crippen molar-refractivity contribution < 1.29 is 17.9 Å². The van der Waals surface area contributed by atoms with Crippen molar-refractivity contribution in [1.29, 1.82) is 0 Å². The predicted molar refractivity (Wildman–Crippen MR) is 49.6 cm³/mol. The highest BCUT2D eigenvalue weighted by atomic mass is 32.2. The zero-order valence-corrected chi connectivity index (χ0v) is 8.25. The van der Waals surface area contributed by atoms with E-state index < -0.39 is 12.8 Å². The van der Waals surface area contributed by atoms with Crippen LogP contribution in [-0.2, 0) is 4.74 Å². The van der Waals surface area contributed by atoms with E-state index in [1.165, 1.54) is 0 Å². The predicted octanol–water partition coefficient (Wildman–Crippen LogP) is 1.26. The molecule has 82 valence electrons. The van der Waals surface area contributed by atoms with Gasteiger partial charge in [-0.3, -0.25) is 4.99 Å². The molecule has 0 saturated carbocycles. The molecule has 0 spiro atoms. The van der Waals surface area contributed by atoms with E-state index in [0.29, 0.717) is 6.54 Å². The van der Waals surface area contributed by atoms with Crippen molar-refractivity contribution in [3.63, 3.8) is 0 Å². The molecule has 1 aliphatic heterocycles. The Balaban J connectivity index is 1.94. The minimum absolute atomic E-state index is 0.0408. The molecular formula is C7H11F3N2OS. The van der Waals surface area contributed by atoms with Gasteiger partial charge in [0.1, 0.15) is 6.61 Å². The number of nitrogens with one attached hydrogen (secondary N) is 1. The van der Waals surface area contributed by atoms with Crippen LogP contribution in [-0.4, -0.2) is 43.4 Å². The third kappa shape index (κ3) is 5.33. The van der Waals surface area contributed by atoms with Gasteiger partial charge < -0.3 is 10.1 Å². The minimum atomic E-state index is -4.24. The molecule has 3 nitrogen and oxygen atoms in total. The smallest absolute Gasteiger partial charge is 0.370 e. The van der Waals surface area contributed by atoms with Crippen molar-refractivity contribution in [3.05, 3.63) is 0 Å². The summed E-state index contributed by atoms with van der Waals surface area (Å²) in [6, 6.07) is 0. The van der Waals surface area contributed by atoms with Crippen molar-refractivity contribution >= 4 is 16.9 Å². The molecule has 0 fully saturated rings. The molecule has 0 radical (unpaired) electrons. The number of rotatable bonds is 4. The van der Waals surface area contributed by atoms with Crippen molar-refractivity contribution in [2.45, 2.75) is 6.18 Å². The minimum Gasteiger partial charge on any atom is -0.370 e. The SMILES string of the molecule is FC(F)(F)COCCNC1=NCCS1. The number of aliphatic imine (C=N–C) groups is 1. The average Bonchev–Trinajstić information content (AvgIpc) is 2.54. The molecule has 0 unspecified atom stereocenters. The van der Waals surface area contributed by atoms with Crippen molar-refractivity contribution in [2.24, 2.45) is 4.99 Å². The molecule has 0 saturated heterocycles. The zero-order valence-electron chi connectivity index (χ0n) is 7.43. The van der Waals surface area contributed by atoms with Crippen LogP contribution in [0.3, 0.4) is 0 Å². The number of halogens is 3. The van der Waals surface area contributed by atoms with Gasteiger partial charge in [0.05, 0.1) is 13.2 Å². The number of nitrogens with zero attached hydrogens (tertiary/aromatic N) is 1. The molecule has 0 bridgehead atoms. The third-order valence-corrected chi connectivity index (χ3v) is 2.31. The molecule has 0 amide bonds. The first-order chi connectivity index (χ1) is 6.58. The molecule has 0 atom stereocenters. The third-order valence-electron chi connectivity index (χ3n) is 1.37. The summed E-state index contributed by atoms with van der Waals surface area (Å²) in [7, 11) is 0. The number of thioether (sulfide) groups is 1. The second kappa shape index (κ2) is 5.45. The van der Waals surface area contributed by atoms with E-state index in [2.05, 4.69) is 15.0 Å². The van der Waals surface area contributed by atoms with Crippen LogP contribution in [0.1, 0.15) is 0 Å². The Labute approximate surface area is 84.1 Å². The van der Waals surface area contributed by atoms with E-state index in [4.69, 9.17) is 0 Å². The Bertz CT molecular complexity index is 208. The van der Waals surface area contributed by atoms with E-state index >= 15 is 0 Å². The lowest BCUT2D eigenvalue weighted by Gasteiger charge is -2.08. The Morgan fingerprint density at radius 2 is 2.29 bits per heavy atom. The summed E-state index contributed by atoms with van der Waals surface area (Å²) in [5, 5.41) is 3.68. The average molecular weight is 228 g/mol. The summed E-state index contributed by atoms with van der Waals surface area (Å²) in [6.07, 6.45) is -4.24. The maximum Gasteiger partial charge on any atom is 0.411 e. The highest BCUT2D eigenvalue weighted by Crippen LogP contribution is 2.14. The fourth-order valence-electron chi connectivity index (χ4n) is 0.860. The second-order valence-corrected chi connectivity index (χ2v) is 3.71. The zero-order chi connectivity index (χ0) is 10.4. The molecular weight excluding hydrogens is 217 g/mol. The summed E-state index contributed by atoms with van der Waals surface area (Å²) in [6.45, 7) is -0.00822. The van der Waals surface area contributed by atoms with Crippen LogP contribution in [0.4, 0.5) is 13.2 Å². The van der Waals surface area contributed by atoms with Crippen molar-refractivity contribution in [1.82, 2.24) is 5.32 Å². The van der Waals surface area contributed by atoms with Crippen LogP contribution in [0, 0.1) is 0 Å². The fourth-order valence-corrected chi connectivity index (χ4v) is 1.62. The summed E-state index contributed by atoms with van der Waals surface area (Å²) in [4.78, 5) is 4.07. The molecule has 0 aromatic heterocycles. The summed E-state index contributed by atoms with van der Waals surface area (Å²) in [5.74, 6) is 0.936. The van der Waals surface area contributed by atoms with Gasteiger partial charge in [-0.15, -0.1) is 0 Å². The topological polar surface area (TPSA) is 33.6 Å². The maximum absolute atomic E-state index is 11.6. The van der Waals surface area contributed by atoms with Crippen LogP contribution >= 0.6 is 11.8 Å². The van der Waals surface area contributed by atoms with E-state index in [-0.39, 0.29) is 6.61 Å². The largest absolute Gasteiger partial charge is 0.411 e. The van der Waals surface area contributed by atoms with Gasteiger partial charge in [-0.05, 0) is 0 Å². The maximum atomic E-state index is 11.6. The number of hydrogen-bond acceptors (Lipinski definition) is 4. The lowest BCUT2D eigenvalue weighted by atomic mass is 10.6. The van der Waals surface area contributed by atoms with Crippen LogP contribution in [0.25, 0.3) is 0 Å². The Morgan fingerprint density at radius 3 is 2.86 bits per heavy atom. The van der Waals surface area contributed by atoms with Crippen molar-refractivity contribution in [3.8, 4) is 0 Å². The molecule has 1 N–H and O–H groups in total. The Kier molecular flexibility index (Phi) is 4.53. The molecule has 14 heavy (non-hydrogen) atoms. The van der Waals surface area contributed by atoms with Gasteiger partial charge in [0.25, 0.3) is 0 Å². The van der Waals surface area contributed by atoms with E-state index in [9.17, 15) is 13.2 Å². The lowest BCUT2D eigenvalue weighted by molar-refractivity contribution is -0.173. The quantitative estimate of drug-likeness (QED) is 0.735. The highest BCUT2D eigenvalue weighted by molar-refractivity contribution is 8.14. The Hall–Kier alpha value is -0.430. The molecule has 0 aliphatic carbocycles. The number of hydrogen-bond donors (Lipinski definition) is 1. The van der Waals surface area contributed by atoms with Gasteiger partial charge in [0, 0.05) is 12.3 Å². The number of ether oxygens (including phenoxy) is 1. The normalized spacial score (nSPS) is 16.9. The van der Waals surface area contributed by atoms with Gasteiger partial charge >= 0.3 is 6.18 Å². The standard InChI is InChI=1S/C7H11F3N2OS/c8-7(9,10)5-13-3-1-11-6-12-2-4-14-6/h1-5H2,(H,11,12). The van der Waals surface area contributed by atoms with Crippen LogP contribution in [0.2, 0.25) is 0 Å². The van der Waals surface area contributed by atoms with Gasteiger partial charge in [0.15, 0.2) is 5.17 Å². The number of amidine groups is 1. The monoisotopic (exact) mass is 228 g/mol. The second-order valence-electron chi connectivity index (χ2n) is 2.63. The molecule has 1 aliphatic rings. The Morgan fingerprint density at radius 1 is 1.50 bits per heavy atom. The fraction of sp³-hybridized carbons (Fsp3) is 0.857. The van der Waals surface area contributed by atoms with Gasteiger partial charge in [-0.25, -0.2) is 0 Å². The van der Waals surface area contributed by atoms with Gasteiger partial charge in [0.2, 0.25) is 0 Å². The first kappa shape index (κ1) is 11.6. The summed E-state index contributed by atoms with van der Waals surface area (Å²) >= 11 is 1.57. The van der Waals surface area contributed by atoms with Gasteiger partial charge in [-0.2, -0.15) is 13.2 Å². The van der Waals surface area contributed by atoms with Crippen LogP contribution in [0.15, 0.2) is 4.99 Å². The lowest BCUT2D eigenvalue weighted by Crippen LogP contribution is -2.26. The summed E-state index contributed by atoms with van der Waals surface area (Å²) < 4.78 is 39.2. The van der Waals surface area contributed by atoms with Gasteiger partial charge in [-0.1, -0.05) is 11.8 Å². The number of alkyl halides is 3. The van der Waals surface area contributed by atoms with E-state index in [1.807, 2.05) is 0 Å². The van der Waals surface area contributed by atoms with Crippen LogP contribution < -0.4 is 5.32 Å². The first-order valence-electron chi connectivity index (χ1n) is 4.13. The molecule has 7 heteroatoms. The molecule has 1 heterocycles. The van der Waals surface area contributed by atoms with Crippen LogP contribution in [0.5, 0.6) is 0 Å². The van der Waals surface area contributed by atoms with Crippen molar-refractivity contribution in [2.75, 3.05) is 32.1 Å². The van der Waals surface area contributed by atoms with E-state index in [0.717, 1.165) is 17.5 Å². The van der Waals surface area contributed by atoms with E-state index in [1.54, 1.807) is 11.8 Å². The summed E-state index contributed by atoms with van der Waals surface area (Å²) in [5.41, 5.74) is 0. The highest BCUT2D eigenvalue weighted by Gasteiger charge is 2.27. The molecule has 0 aromatic carbocycles. The molecule has 1 rings (SSSR count). The first-order valence-corrected chi connectivity index (χ1v) is 5.12. The molecule has 0 aromatic rings.